The van der Waals surface area contributed by atoms with E-state index in [9.17, 15) is 9.59 Å². The van der Waals surface area contributed by atoms with Crippen LogP contribution in [0.3, 0.4) is 0 Å². The first-order chi connectivity index (χ1) is 20.8. The highest BCUT2D eigenvalue weighted by Crippen LogP contribution is 2.32. The third-order valence-corrected chi connectivity index (χ3v) is 6.99. The predicted octanol–water partition coefficient (Wildman–Crippen LogP) is 6.01. The van der Waals surface area contributed by atoms with Crippen LogP contribution >= 0.6 is 0 Å². The summed E-state index contributed by atoms with van der Waals surface area (Å²) >= 11 is 0. The summed E-state index contributed by atoms with van der Waals surface area (Å²) in [6.07, 6.45) is 2.05. The number of benzene rings is 2. The number of Topliss-reactive ketones (excluding diaryl/α,β-unsaturated/α-hetero) is 1. The zero-order valence-electron chi connectivity index (χ0n) is 23.7. The molecule has 2 N–H and O–H groups in total. The summed E-state index contributed by atoms with van der Waals surface area (Å²) in [7, 11) is 0. The van der Waals surface area contributed by atoms with Gasteiger partial charge in [-0.1, -0.05) is 12.1 Å². The number of anilines is 3. The van der Waals surface area contributed by atoms with Crippen LogP contribution in [-0.4, -0.2) is 53.1 Å². The largest absolute Gasteiger partial charge is 0.461 e. The summed E-state index contributed by atoms with van der Waals surface area (Å²) in [6, 6.07) is 16.4. The minimum Gasteiger partial charge on any atom is -0.461 e. The topological polar surface area (TPSA) is 122 Å². The molecule has 1 saturated heterocycles. The molecule has 1 aliphatic rings. The number of ether oxygens (including phenoxy) is 1. The van der Waals surface area contributed by atoms with Crippen molar-refractivity contribution in [3.63, 3.8) is 0 Å². The fourth-order valence-corrected chi connectivity index (χ4v) is 4.90. The van der Waals surface area contributed by atoms with Gasteiger partial charge in [0.25, 0.3) is 0 Å². The molecule has 3 aromatic heterocycles. The van der Waals surface area contributed by atoms with Gasteiger partial charge in [-0.15, -0.1) is 0 Å². The number of carbonyl (C=O) groups excluding carboxylic acids is 2. The van der Waals surface area contributed by atoms with E-state index in [1.165, 1.54) is 13.0 Å². The predicted molar refractivity (Wildman–Crippen MR) is 162 cm³/mol. The highest BCUT2D eigenvalue weighted by atomic mass is 19.1. The number of ketones is 1. The Balaban J connectivity index is 1.27. The van der Waals surface area contributed by atoms with E-state index >= 15 is 4.39 Å². The molecular weight excluding hydrogens is 551 g/mol. The van der Waals surface area contributed by atoms with Crippen molar-refractivity contribution < 1.29 is 23.1 Å². The Bertz CT molecular complexity index is 1820. The molecular formula is C32H29FN6O4. The summed E-state index contributed by atoms with van der Waals surface area (Å²) in [6.45, 7) is 5.72. The van der Waals surface area contributed by atoms with Crippen LogP contribution in [-0.2, 0) is 16.0 Å². The number of aryl methyl sites for hydroxylation is 1. The van der Waals surface area contributed by atoms with Crippen LogP contribution < -0.4 is 15.5 Å². The normalized spacial score (nSPS) is 13.2. The van der Waals surface area contributed by atoms with Gasteiger partial charge in [0, 0.05) is 42.6 Å². The molecule has 5 aromatic rings. The molecule has 43 heavy (non-hydrogen) atoms. The lowest BCUT2D eigenvalue weighted by atomic mass is 10.1. The van der Waals surface area contributed by atoms with Crippen LogP contribution in [0.2, 0.25) is 0 Å². The molecule has 2 amide bonds. The minimum absolute atomic E-state index is 0.0562. The SMILES string of the molecule is CC(=O)Cc1ccc(NC(=O)Nc2ccc(-c3nc(N4CCOCC4)c4ncc(-c5ccc(C)o5)cc4n3)c(F)c2)cc1. The van der Waals surface area contributed by atoms with Crippen molar-refractivity contribution in [1.29, 1.82) is 0 Å². The first-order valence-electron chi connectivity index (χ1n) is 13.9. The molecule has 0 bridgehead atoms. The summed E-state index contributed by atoms with van der Waals surface area (Å²) < 4.78 is 26.8. The first-order valence-corrected chi connectivity index (χ1v) is 13.9. The quantitative estimate of drug-likeness (QED) is 0.240. The Labute approximate surface area is 246 Å². The number of amides is 2. The molecule has 0 aliphatic carbocycles. The van der Waals surface area contributed by atoms with Crippen molar-refractivity contribution in [2.75, 3.05) is 41.8 Å². The minimum atomic E-state index is -0.593. The smallest absolute Gasteiger partial charge is 0.323 e. The van der Waals surface area contributed by atoms with E-state index in [2.05, 4.69) is 20.5 Å². The standard InChI is InChI=1S/C32H29FN6O4/c1-19(40)15-21-4-6-23(7-5-21)35-32(41)36-24-8-9-25(26(33)17-24)30-37-27-16-22(28-10-3-20(2)43-28)18-34-29(27)31(38-30)39-11-13-42-14-12-39/h3-10,16-18H,11-15H2,1-2H3,(H2,35,36,41). The van der Waals surface area contributed by atoms with Gasteiger partial charge in [-0.2, -0.15) is 0 Å². The Morgan fingerprint density at radius 2 is 1.70 bits per heavy atom. The molecule has 1 fully saturated rings. The highest BCUT2D eigenvalue weighted by molar-refractivity contribution is 6.00. The molecule has 0 atom stereocenters. The van der Waals surface area contributed by atoms with E-state index in [-0.39, 0.29) is 22.9 Å². The Kier molecular flexibility index (Phi) is 7.80. The maximum absolute atomic E-state index is 15.5. The van der Waals surface area contributed by atoms with Crippen LogP contribution in [0.15, 0.2) is 71.3 Å². The Hall–Kier alpha value is -5.16. The van der Waals surface area contributed by atoms with Crippen molar-refractivity contribution in [3.8, 4) is 22.7 Å². The van der Waals surface area contributed by atoms with Crippen LogP contribution in [0.5, 0.6) is 0 Å². The summed E-state index contributed by atoms with van der Waals surface area (Å²) in [5, 5.41) is 5.36. The number of aromatic nitrogens is 3. The van der Waals surface area contributed by atoms with Gasteiger partial charge in [-0.05, 0) is 67.9 Å². The zero-order valence-corrected chi connectivity index (χ0v) is 23.7. The summed E-state index contributed by atoms with van der Waals surface area (Å²) in [5.41, 5.74) is 3.74. The molecule has 10 nitrogen and oxygen atoms in total. The molecule has 1 aliphatic heterocycles. The molecule has 0 radical (unpaired) electrons. The van der Waals surface area contributed by atoms with E-state index in [4.69, 9.17) is 19.1 Å². The number of nitrogens with one attached hydrogen (secondary N) is 2. The molecule has 2 aromatic carbocycles. The third kappa shape index (κ3) is 6.36. The number of nitrogens with zero attached hydrogens (tertiary/aromatic N) is 4. The molecule has 0 unspecified atom stereocenters. The van der Waals surface area contributed by atoms with Gasteiger partial charge in [0.2, 0.25) is 0 Å². The summed E-state index contributed by atoms with van der Waals surface area (Å²) in [4.78, 5) is 40.0. The monoisotopic (exact) mass is 580 g/mol. The summed E-state index contributed by atoms with van der Waals surface area (Å²) in [5.74, 6) is 1.69. The fraction of sp³-hybridized carbons (Fsp3) is 0.219. The van der Waals surface area contributed by atoms with Crippen molar-refractivity contribution >= 4 is 40.0 Å². The lowest BCUT2D eigenvalue weighted by Gasteiger charge is -2.28. The van der Waals surface area contributed by atoms with Crippen LogP contribution in [0, 0.1) is 12.7 Å². The average molecular weight is 581 g/mol. The van der Waals surface area contributed by atoms with Gasteiger partial charge in [-0.25, -0.2) is 24.1 Å². The number of furan rings is 1. The molecule has 6 rings (SSSR count). The molecule has 218 valence electrons. The average Bonchev–Trinajstić information content (AvgIpc) is 3.44. The lowest BCUT2D eigenvalue weighted by molar-refractivity contribution is -0.116. The Morgan fingerprint density at radius 1 is 0.953 bits per heavy atom. The van der Waals surface area contributed by atoms with Gasteiger partial charge < -0.3 is 24.7 Å². The van der Waals surface area contributed by atoms with Crippen LogP contribution in [0.4, 0.5) is 26.4 Å². The maximum Gasteiger partial charge on any atom is 0.323 e. The van der Waals surface area contributed by atoms with Gasteiger partial charge in [0.1, 0.15) is 28.6 Å². The van der Waals surface area contributed by atoms with E-state index < -0.39 is 11.8 Å². The molecule has 4 heterocycles. The van der Waals surface area contributed by atoms with Crippen molar-refractivity contribution in [2.24, 2.45) is 0 Å². The zero-order chi connectivity index (χ0) is 29.9. The molecule has 11 heteroatoms. The van der Waals surface area contributed by atoms with E-state index in [1.54, 1.807) is 42.6 Å². The second kappa shape index (κ2) is 12.0. The van der Waals surface area contributed by atoms with Gasteiger partial charge in [0.05, 0.1) is 24.3 Å². The Morgan fingerprint density at radius 3 is 2.40 bits per heavy atom. The van der Waals surface area contributed by atoms with Gasteiger partial charge >= 0.3 is 6.03 Å². The van der Waals surface area contributed by atoms with Crippen LogP contribution in [0.1, 0.15) is 18.2 Å². The number of pyridine rings is 1. The number of hydrogen-bond acceptors (Lipinski definition) is 8. The third-order valence-electron chi connectivity index (χ3n) is 6.99. The number of hydrogen-bond donors (Lipinski definition) is 2. The van der Waals surface area contributed by atoms with Crippen LogP contribution in [0.25, 0.3) is 33.7 Å². The maximum atomic E-state index is 15.5. The number of fused-ring (bicyclic) bond motifs is 1. The second-order valence-corrected chi connectivity index (χ2v) is 10.3. The number of carbonyl (C=O) groups is 2. The first kappa shape index (κ1) is 28.0. The number of halogens is 1. The number of morpholine rings is 1. The second-order valence-electron chi connectivity index (χ2n) is 10.3. The van der Waals surface area contributed by atoms with E-state index in [1.807, 2.05) is 25.1 Å². The number of urea groups is 1. The van der Waals surface area contributed by atoms with E-state index in [0.717, 1.165) is 16.9 Å². The van der Waals surface area contributed by atoms with Crippen molar-refractivity contribution in [3.05, 3.63) is 84.0 Å². The van der Waals surface area contributed by atoms with Gasteiger partial charge in [-0.3, -0.25) is 4.79 Å². The van der Waals surface area contributed by atoms with E-state index in [0.29, 0.717) is 61.0 Å². The number of rotatable bonds is 7. The van der Waals surface area contributed by atoms with Crippen molar-refractivity contribution in [1.82, 2.24) is 15.0 Å². The molecule has 0 spiro atoms. The molecule has 0 saturated carbocycles. The lowest BCUT2D eigenvalue weighted by Crippen LogP contribution is -2.37. The van der Waals surface area contributed by atoms with Gasteiger partial charge in [0.15, 0.2) is 11.6 Å². The highest BCUT2D eigenvalue weighted by Gasteiger charge is 2.21. The van der Waals surface area contributed by atoms with Crippen molar-refractivity contribution in [2.45, 2.75) is 20.3 Å². The fourth-order valence-electron chi connectivity index (χ4n) is 4.90.